The Bertz CT molecular complexity index is 1420. The summed E-state index contributed by atoms with van der Waals surface area (Å²) in [4.78, 5) is 27.9. The molecule has 208 valence electrons. The second-order valence-corrected chi connectivity index (χ2v) is 11.0. The summed E-state index contributed by atoms with van der Waals surface area (Å²) in [6, 6.07) is 17.7. The second kappa shape index (κ2) is 12.7. The monoisotopic (exact) mass is 553 g/mol. The van der Waals surface area contributed by atoms with Crippen LogP contribution in [0.3, 0.4) is 0 Å². The lowest BCUT2D eigenvalue weighted by Crippen LogP contribution is -2.50. The number of carbonyl (C=O) groups is 2. The van der Waals surface area contributed by atoms with Gasteiger partial charge in [0.25, 0.3) is 10.0 Å². The first-order chi connectivity index (χ1) is 18.5. The number of methoxy groups -OCH3 is 2. The van der Waals surface area contributed by atoms with E-state index in [0.29, 0.717) is 11.5 Å². The van der Waals surface area contributed by atoms with E-state index in [1.165, 1.54) is 44.4 Å². The highest BCUT2D eigenvalue weighted by Gasteiger charge is 2.33. The Labute approximate surface area is 230 Å². The van der Waals surface area contributed by atoms with Crippen LogP contribution in [0.4, 0.5) is 5.69 Å². The third-order valence-corrected chi connectivity index (χ3v) is 8.35. The Balaban J connectivity index is 2.10. The molecule has 0 saturated heterocycles. The van der Waals surface area contributed by atoms with Gasteiger partial charge in [-0.15, -0.1) is 0 Å². The molecule has 1 N–H and O–H groups in total. The van der Waals surface area contributed by atoms with Crippen molar-refractivity contribution in [1.29, 1.82) is 0 Å². The molecule has 3 aromatic rings. The predicted molar refractivity (Wildman–Crippen MR) is 151 cm³/mol. The minimum absolute atomic E-state index is 0.0282. The number of aryl methyl sites for hydroxylation is 2. The Morgan fingerprint density at radius 2 is 1.56 bits per heavy atom. The van der Waals surface area contributed by atoms with Crippen LogP contribution in [0.2, 0.25) is 0 Å². The third kappa shape index (κ3) is 6.69. The van der Waals surface area contributed by atoms with E-state index in [1.807, 2.05) is 38.1 Å². The summed E-state index contributed by atoms with van der Waals surface area (Å²) in [5.74, 6) is -0.187. The molecule has 9 nitrogen and oxygen atoms in total. The van der Waals surface area contributed by atoms with Gasteiger partial charge in [-0.3, -0.25) is 13.9 Å². The molecule has 0 aliphatic heterocycles. The molecule has 0 radical (unpaired) electrons. The van der Waals surface area contributed by atoms with Gasteiger partial charge < -0.3 is 19.7 Å². The summed E-state index contributed by atoms with van der Waals surface area (Å²) in [5.41, 5.74) is 2.90. The molecule has 0 aromatic heterocycles. The van der Waals surface area contributed by atoms with E-state index >= 15 is 0 Å². The quantitative estimate of drug-likeness (QED) is 0.389. The summed E-state index contributed by atoms with van der Waals surface area (Å²) in [6.07, 6.45) is 0. The maximum atomic E-state index is 13.9. The van der Waals surface area contributed by atoms with Crippen molar-refractivity contribution in [3.63, 3.8) is 0 Å². The molecule has 1 atom stereocenters. The summed E-state index contributed by atoms with van der Waals surface area (Å²) >= 11 is 0. The molecule has 3 rings (SSSR count). The number of anilines is 1. The lowest BCUT2D eigenvalue weighted by Gasteiger charge is -2.32. The molecule has 0 saturated carbocycles. The summed E-state index contributed by atoms with van der Waals surface area (Å²) < 4.78 is 39.6. The van der Waals surface area contributed by atoms with Crippen LogP contribution in [0, 0.1) is 13.8 Å². The van der Waals surface area contributed by atoms with Crippen LogP contribution in [-0.2, 0) is 26.2 Å². The Morgan fingerprint density at radius 3 is 2.15 bits per heavy atom. The van der Waals surface area contributed by atoms with Gasteiger partial charge in [0, 0.05) is 19.7 Å². The van der Waals surface area contributed by atoms with E-state index in [2.05, 4.69) is 5.32 Å². The van der Waals surface area contributed by atoms with E-state index in [4.69, 9.17) is 9.47 Å². The van der Waals surface area contributed by atoms with Crippen LogP contribution < -0.4 is 19.1 Å². The fourth-order valence-corrected chi connectivity index (χ4v) is 5.51. The molecular weight excluding hydrogens is 518 g/mol. The van der Waals surface area contributed by atoms with Crippen LogP contribution in [0.1, 0.15) is 23.6 Å². The number of sulfonamides is 1. The van der Waals surface area contributed by atoms with Crippen LogP contribution in [0.15, 0.2) is 71.6 Å². The van der Waals surface area contributed by atoms with Crippen molar-refractivity contribution in [2.45, 2.75) is 38.3 Å². The van der Waals surface area contributed by atoms with Crippen LogP contribution in [0.25, 0.3) is 0 Å². The molecular formula is C29H35N3O6S. The Hall–Kier alpha value is -4.05. The number of nitrogens with zero attached hydrogens (tertiary/aromatic N) is 2. The van der Waals surface area contributed by atoms with Crippen molar-refractivity contribution in [3.05, 3.63) is 83.4 Å². The zero-order valence-corrected chi connectivity index (χ0v) is 23.9. The number of carbonyl (C=O) groups excluding carboxylic acids is 2. The summed E-state index contributed by atoms with van der Waals surface area (Å²) in [6.45, 7) is 4.98. The zero-order valence-electron chi connectivity index (χ0n) is 23.1. The SMILES string of the molecule is CNC(=O)C(C)N(Cc1ccccc1C)C(=O)CN(c1ccc(OC)c(OC)c1)S(=O)(=O)c1ccc(C)cc1. The molecule has 3 aromatic carbocycles. The third-order valence-electron chi connectivity index (χ3n) is 6.56. The fraction of sp³-hybridized carbons (Fsp3) is 0.310. The van der Waals surface area contributed by atoms with Crippen LogP contribution in [0.5, 0.6) is 11.5 Å². The van der Waals surface area contributed by atoms with E-state index in [1.54, 1.807) is 31.2 Å². The normalized spacial score (nSPS) is 11.8. The van der Waals surface area contributed by atoms with Gasteiger partial charge in [-0.2, -0.15) is 0 Å². The number of benzene rings is 3. The molecule has 2 amide bonds. The van der Waals surface area contributed by atoms with E-state index in [-0.39, 0.29) is 23.0 Å². The van der Waals surface area contributed by atoms with Crippen LogP contribution >= 0.6 is 0 Å². The van der Waals surface area contributed by atoms with Gasteiger partial charge in [0.05, 0.1) is 24.8 Å². The highest BCUT2D eigenvalue weighted by molar-refractivity contribution is 7.92. The number of amides is 2. The smallest absolute Gasteiger partial charge is 0.264 e. The van der Waals surface area contributed by atoms with Crippen molar-refractivity contribution in [3.8, 4) is 11.5 Å². The molecule has 0 aliphatic carbocycles. The average molecular weight is 554 g/mol. The number of hydrogen-bond acceptors (Lipinski definition) is 6. The highest BCUT2D eigenvalue weighted by atomic mass is 32.2. The Morgan fingerprint density at radius 1 is 0.923 bits per heavy atom. The molecule has 0 aliphatic rings. The first-order valence-electron chi connectivity index (χ1n) is 12.4. The first-order valence-corrected chi connectivity index (χ1v) is 13.8. The number of nitrogens with one attached hydrogen (secondary N) is 1. The molecule has 1 unspecified atom stereocenters. The van der Waals surface area contributed by atoms with E-state index in [9.17, 15) is 18.0 Å². The van der Waals surface area contributed by atoms with Gasteiger partial charge in [-0.1, -0.05) is 42.0 Å². The van der Waals surface area contributed by atoms with Gasteiger partial charge >= 0.3 is 0 Å². The number of rotatable bonds is 11. The summed E-state index contributed by atoms with van der Waals surface area (Å²) in [7, 11) is 0.228. The van der Waals surface area contributed by atoms with Crippen molar-refractivity contribution in [2.75, 3.05) is 32.1 Å². The molecule has 0 fully saturated rings. The zero-order chi connectivity index (χ0) is 28.7. The predicted octanol–water partition coefficient (Wildman–Crippen LogP) is 3.68. The van der Waals surface area contributed by atoms with Crippen molar-refractivity contribution in [1.82, 2.24) is 10.2 Å². The van der Waals surface area contributed by atoms with Gasteiger partial charge in [0.1, 0.15) is 12.6 Å². The molecule has 39 heavy (non-hydrogen) atoms. The molecule has 0 bridgehead atoms. The maximum absolute atomic E-state index is 13.9. The standard InChI is InChI=1S/C29H35N3O6S/c1-20-11-14-25(15-12-20)39(35,36)32(24-13-16-26(37-5)27(17-24)38-6)19-28(33)31(22(3)29(34)30-4)18-23-10-8-7-9-21(23)2/h7-17,22H,18-19H2,1-6H3,(H,30,34). The lowest BCUT2D eigenvalue weighted by molar-refractivity contribution is -0.139. The van der Waals surface area contributed by atoms with Crippen LogP contribution in [-0.4, -0.2) is 59.0 Å². The minimum atomic E-state index is -4.19. The first kappa shape index (κ1) is 29.5. The van der Waals surface area contributed by atoms with Crippen molar-refractivity contribution < 1.29 is 27.5 Å². The second-order valence-electron chi connectivity index (χ2n) is 9.10. The molecule has 0 spiro atoms. The maximum Gasteiger partial charge on any atom is 0.264 e. The lowest BCUT2D eigenvalue weighted by atomic mass is 10.1. The largest absolute Gasteiger partial charge is 0.493 e. The number of hydrogen-bond donors (Lipinski definition) is 1. The van der Waals surface area contributed by atoms with Gasteiger partial charge in [0.2, 0.25) is 11.8 Å². The highest BCUT2D eigenvalue weighted by Crippen LogP contribution is 2.34. The Kier molecular flexibility index (Phi) is 9.58. The minimum Gasteiger partial charge on any atom is -0.493 e. The van der Waals surface area contributed by atoms with Crippen molar-refractivity contribution >= 4 is 27.5 Å². The van der Waals surface area contributed by atoms with Gasteiger partial charge in [-0.25, -0.2) is 8.42 Å². The fourth-order valence-electron chi connectivity index (χ4n) is 4.11. The van der Waals surface area contributed by atoms with Crippen molar-refractivity contribution in [2.24, 2.45) is 0 Å². The summed E-state index contributed by atoms with van der Waals surface area (Å²) in [5, 5.41) is 2.58. The molecule has 0 heterocycles. The van der Waals surface area contributed by atoms with E-state index in [0.717, 1.165) is 21.0 Å². The topological polar surface area (TPSA) is 105 Å². The van der Waals surface area contributed by atoms with Gasteiger partial charge in [0.15, 0.2) is 11.5 Å². The molecule has 10 heteroatoms. The van der Waals surface area contributed by atoms with Gasteiger partial charge in [-0.05, 0) is 56.2 Å². The van der Waals surface area contributed by atoms with E-state index < -0.39 is 28.5 Å². The number of likely N-dealkylation sites (N-methyl/N-ethyl adjacent to an activating group) is 1. The average Bonchev–Trinajstić information content (AvgIpc) is 2.94. The number of ether oxygens (including phenoxy) is 2.